The monoisotopic (exact) mass is 378 g/mol. The molecule has 0 amide bonds. The van der Waals surface area contributed by atoms with Gasteiger partial charge in [-0.05, 0) is 13.8 Å². The van der Waals surface area contributed by atoms with E-state index in [1.54, 1.807) is 24.8 Å². The molecule has 0 aliphatic rings. The van der Waals surface area contributed by atoms with Gasteiger partial charge in [0.05, 0.1) is 17.7 Å². The first-order chi connectivity index (χ1) is 13.7. The smallest absolute Gasteiger partial charge is 0.182 e. The molecule has 2 rings (SSSR count). The molecule has 0 aromatic carbocycles. The summed E-state index contributed by atoms with van der Waals surface area (Å²) in [7, 11) is 0. The number of nitrogens with one attached hydrogen (secondary N) is 3. The van der Waals surface area contributed by atoms with Gasteiger partial charge in [0.1, 0.15) is 17.5 Å². The third-order valence-electron chi connectivity index (χ3n) is 3.65. The third-order valence-corrected chi connectivity index (χ3v) is 3.65. The molecule has 0 aliphatic heterocycles. The molecule has 8 nitrogen and oxygen atoms in total. The highest BCUT2D eigenvalue weighted by atomic mass is 15.1. The van der Waals surface area contributed by atoms with Gasteiger partial charge in [0.2, 0.25) is 0 Å². The Kier molecular flexibility index (Phi) is 8.32. The van der Waals surface area contributed by atoms with E-state index in [1.165, 1.54) is 6.33 Å². The molecular formula is C20H26N8. The van der Waals surface area contributed by atoms with Crippen molar-refractivity contribution >= 4 is 29.4 Å². The molecule has 0 aliphatic carbocycles. The molecule has 0 atom stereocenters. The zero-order chi connectivity index (χ0) is 20.2. The molecule has 2 heterocycles. The molecule has 0 radical (unpaired) electrons. The number of aromatic amines is 1. The van der Waals surface area contributed by atoms with Crippen molar-refractivity contribution in [1.29, 1.82) is 0 Å². The minimum Gasteiger partial charge on any atom is -0.380 e. The largest absolute Gasteiger partial charge is 0.380 e. The summed E-state index contributed by atoms with van der Waals surface area (Å²) in [5.74, 6) is 0.722. The summed E-state index contributed by atoms with van der Waals surface area (Å²) >= 11 is 0. The van der Waals surface area contributed by atoms with Crippen molar-refractivity contribution < 1.29 is 0 Å². The first kappa shape index (κ1) is 20.8. The van der Waals surface area contributed by atoms with Gasteiger partial charge in [-0.3, -0.25) is 9.98 Å². The number of fused-ring (bicyclic) bond motifs is 1. The summed E-state index contributed by atoms with van der Waals surface area (Å²) in [6, 6.07) is 0. The van der Waals surface area contributed by atoms with Gasteiger partial charge in [-0.25, -0.2) is 15.0 Å². The summed E-state index contributed by atoms with van der Waals surface area (Å²) in [5.41, 5.74) is 3.69. The van der Waals surface area contributed by atoms with Crippen molar-refractivity contribution in [2.24, 2.45) is 9.98 Å². The van der Waals surface area contributed by atoms with Crippen molar-refractivity contribution in [2.75, 3.05) is 18.4 Å². The van der Waals surface area contributed by atoms with E-state index >= 15 is 0 Å². The molecule has 0 bridgehead atoms. The van der Waals surface area contributed by atoms with Gasteiger partial charge in [-0.2, -0.15) is 0 Å². The van der Waals surface area contributed by atoms with Crippen LogP contribution in [0.15, 0.2) is 71.1 Å². The molecule has 0 fully saturated rings. The van der Waals surface area contributed by atoms with E-state index < -0.39 is 0 Å². The Morgan fingerprint density at radius 1 is 1.21 bits per heavy atom. The van der Waals surface area contributed by atoms with E-state index in [0.29, 0.717) is 25.2 Å². The molecular weight excluding hydrogens is 352 g/mol. The van der Waals surface area contributed by atoms with Gasteiger partial charge >= 0.3 is 0 Å². The Hall–Kier alpha value is -3.55. The highest BCUT2D eigenvalue weighted by Crippen LogP contribution is 2.14. The number of H-pyrrole nitrogens is 1. The van der Waals surface area contributed by atoms with Crippen LogP contribution in [-0.4, -0.2) is 45.5 Å². The second kappa shape index (κ2) is 11.2. The van der Waals surface area contributed by atoms with Gasteiger partial charge in [-0.15, -0.1) is 6.58 Å². The number of aromatic nitrogens is 4. The molecule has 146 valence electrons. The quantitative estimate of drug-likeness (QED) is 0.316. The zero-order valence-electron chi connectivity index (χ0n) is 16.3. The normalized spacial score (nSPS) is 12.8. The zero-order valence-corrected chi connectivity index (χ0v) is 16.3. The van der Waals surface area contributed by atoms with Gasteiger partial charge < -0.3 is 15.6 Å². The maximum absolute atomic E-state index is 4.46. The average Bonchev–Trinajstić information content (AvgIpc) is 3.17. The van der Waals surface area contributed by atoms with E-state index in [-0.39, 0.29) is 0 Å². The van der Waals surface area contributed by atoms with E-state index in [1.807, 2.05) is 26.0 Å². The van der Waals surface area contributed by atoms with Crippen molar-refractivity contribution in [1.82, 2.24) is 25.3 Å². The Morgan fingerprint density at radius 2 is 2.04 bits per heavy atom. The summed E-state index contributed by atoms with van der Waals surface area (Å²) < 4.78 is 0. The van der Waals surface area contributed by atoms with Crippen LogP contribution in [0.2, 0.25) is 0 Å². The summed E-state index contributed by atoms with van der Waals surface area (Å²) in [4.78, 5) is 24.2. The lowest BCUT2D eigenvalue weighted by Crippen LogP contribution is -2.14. The fraction of sp³-hybridized carbons (Fsp3) is 0.250. The number of rotatable bonds is 11. The van der Waals surface area contributed by atoms with Gasteiger partial charge in [0, 0.05) is 31.9 Å². The molecule has 0 spiro atoms. The molecule has 28 heavy (non-hydrogen) atoms. The minimum atomic E-state index is 0.618. The van der Waals surface area contributed by atoms with Crippen LogP contribution in [0.4, 0.5) is 5.82 Å². The third kappa shape index (κ3) is 6.01. The van der Waals surface area contributed by atoms with Crippen LogP contribution in [0.25, 0.3) is 11.2 Å². The lowest BCUT2D eigenvalue weighted by molar-refractivity contribution is 0.901. The minimum absolute atomic E-state index is 0.618. The SMILES string of the molecule is C=CCC=N/C(C(=C)NC/C=C/CNc1ncnc2nc[nH]c12)=C(\C)N=CC. The fourth-order valence-corrected chi connectivity index (χ4v) is 2.35. The number of hydrogen-bond acceptors (Lipinski definition) is 7. The Bertz CT molecular complexity index is 917. The van der Waals surface area contributed by atoms with Crippen LogP contribution in [0.1, 0.15) is 20.3 Å². The summed E-state index contributed by atoms with van der Waals surface area (Å²) in [6.45, 7) is 12.8. The number of anilines is 1. The Balaban J connectivity index is 1.86. The van der Waals surface area contributed by atoms with E-state index in [9.17, 15) is 0 Å². The van der Waals surface area contributed by atoms with Crippen LogP contribution in [-0.2, 0) is 0 Å². The molecule has 0 saturated carbocycles. The molecule has 8 heteroatoms. The maximum atomic E-state index is 4.46. The van der Waals surface area contributed by atoms with Gasteiger partial charge in [0.15, 0.2) is 11.5 Å². The Labute approximate surface area is 165 Å². The maximum Gasteiger partial charge on any atom is 0.182 e. The Morgan fingerprint density at radius 3 is 2.82 bits per heavy atom. The van der Waals surface area contributed by atoms with Crippen molar-refractivity contribution in [3.05, 3.63) is 61.1 Å². The summed E-state index contributed by atoms with van der Waals surface area (Å²) in [5, 5.41) is 6.48. The topological polar surface area (TPSA) is 103 Å². The van der Waals surface area contributed by atoms with Crippen LogP contribution >= 0.6 is 0 Å². The van der Waals surface area contributed by atoms with E-state index in [4.69, 9.17) is 0 Å². The highest BCUT2D eigenvalue weighted by Gasteiger charge is 2.05. The van der Waals surface area contributed by atoms with Gasteiger partial charge in [0.25, 0.3) is 0 Å². The van der Waals surface area contributed by atoms with Crippen molar-refractivity contribution in [3.8, 4) is 0 Å². The lowest BCUT2D eigenvalue weighted by atomic mass is 10.2. The van der Waals surface area contributed by atoms with Crippen molar-refractivity contribution in [3.63, 3.8) is 0 Å². The van der Waals surface area contributed by atoms with E-state index in [0.717, 1.165) is 28.4 Å². The first-order valence-corrected chi connectivity index (χ1v) is 8.96. The predicted octanol–water partition coefficient (Wildman–Crippen LogP) is 3.39. The van der Waals surface area contributed by atoms with Crippen LogP contribution < -0.4 is 10.6 Å². The fourth-order valence-electron chi connectivity index (χ4n) is 2.35. The second-order valence-electron chi connectivity index (χ2n) is 5.69. The number of hydrogen-bond donors (Lipinski definition) is 3. The summed E-state index contributed by atoms with van der Waals surface area (Å²) in [6.07, 6.45) is 13.1. The molecule has 3 N–H and O–H groups in total. The number of nitrogens with zero attached hydrogens (tertiary/aromatic N) is 5. The number of imidazole rings is 1. The van der Waals surface area contributed by atoms with Crippen molar-refractivity contribution in [2.45, 2.75) is 20.3 Å². The average molecular weight is 378 g/mol. The highest BCUT2D eigenvalue weighted by molar-refractivity contribution is 5.81. The van der Waals surface area contributed by atoms with E-state index in [2.05, 4.69) is 53.7 Å². The molecule has 0 unspecified atom stereocenters. The number of aliphatic imine (C=N–C) groups is 2. The molecule has 2 aromatic heterocycles. The lowest BCUT2D eigenvalue weighted by Gasteiger charge is -2.10. The molecule has 0 saturated heterocycles. The predicted molar refractivity (Wildman–Crippen MR) is 117 cm³/mol. The van der Waals surface area contributed by atoms with Crippen LogP contribution in [0, 0.1) is 0 Å². The second-order valence-corrected chi connectivity index (χ2v) is 5.69. The number of allylic oxidation sites excluding steroid dienone is 2. The molecule has 2 aromatic rings. The standard InChI is InChI=1S/C20H26N8/c1-5-7-10-23-17(15(3)21-6-2)16(4)22-11-8-9-12-24-19-18-20(26-13-25-18)28-14-27-19/h5-6,8-10,13-14,22H,1,4,7,11-12H2,2-3H3,(H2,24,25,26,27,28)/b9-8+,17-15+,21-6?,23-10?. The van der Waals surface area contributed by atoms with Gasteiger partial charge in [-0.1, -0.05) is 24.8 Å². The van der Waals surface area contributed by atoms with Crippen LogP contribution in [0.3, 0.4) is 0 Å². The first-order valence-electron chi connectivity index (χ1n) is 8.96. The van der Waals surface area contributed by atoms with Crippen LogP contribution in [0.5, 0.6) is 0 Å².